The lowest BCUT2D eigenvalue weighted by atomic mass is 10.0. The summed E-state index contributed by atoms with van der Waals surface area (Å²) in [6.07, 6.45) is 4.21. The zero-order chi connectivity index (χ0) is 11.1. The van der Waals surface area contributed by atoms with Gasteiger partial charge in [-0.2, -0.15) is 0 Å². The largest absolute Gasteiger partial charge is 0.478 e. The molecule has 0 spiro atoms. The third-order valence-corrected chi connectivity index (χ3v) is 1.45. The van der Waals surface area contributed by atoms with Crippen molar-refractivity contribution in [1.82, 2.24) is 0 Å². The van der Waals surface area contributed by atoms with E-state index in [4.69, 9.17) is 10.2 Å². The summed E-state index contributed by atoms with van der Waals surface area (Å²) in [6, 6.07) is 0. The summed E-state index contributed by atoms with van der Waals surface area (Å²) in [6.45, 7) is 5.25. The van der Waals surface area contributed by atoms with Gasteiger partial charge in [-0.05, 0) is 12.0 Å². The molecule has 0 unspecified atom stereocenters. The van der Waals surface area contributed by atoms with Gasteiger partial charge in [0, 0.05) is 6.08 Å². The van der Waals surface area contributed by atoms with E-state index in [-0.39, 0.29) is 5.57 Å². The topological polar surface area (TPSA) is 74.6 Å². The van der Waals surface area contributed by atoms with Crippen LogP contribution >= 0.6 is 0 Å². The van der Waals surface area contributed by atoms with Crippen LogP contribution in [0.15, 0.2) is 36.0 Å². The molecule has 0 aliphatic rings. The van der Waals surface area contributed by atoms with Crippen LogP contribution in [-0.2, 0) is 9.59 Å². The van der Waals surface area contributed by atoms with Crippen molar-refractivity contribution in [3.8, 4) is 0 Å². The van der Waals surface area contributed by atoms with E-state index in [0.717, 1.165) is 0 Å². The molecule has 0 fully saturated rings. The first-order chi connectivity index (χ1) is 6.52. The molecule has 0 aromatic heterocycles. The second-order valence-corrected chi connectivity index (χ2v) is 2.47. The first-order valence-corrected chi connectivity index (χ1v) is 4.03. The second-order valence-electron chi connectivity index (χ2n) is 2.47. The van der Waals surface area contributed by atoms with Crippen molar-refractivity contribution in [3.05, 3.63) is 36.0 Å². The van der Waals surface area contributed by atoms with Gasteiger partial charge in [0.05, 0.1) is 5.57 Å². The van der Waals surface area contributed by atoms with Crippen molar-refractivity contribution >= 4 is 11.9 Å². The minimum Gasteiger partial charge on any atom is -0.478 e. The normalized spacial score (nSPS) is 12.4. The van der Waals surface area contributed by atoms with Gasteiger partial charge in [0.15, 0.2) is 0 Å². The van der Waals surface area contributed by atoms with Crippen LogP contribution in [0.2, 0.25) is 0 Å². The Hall–Kier alpha value is -1.84. The quantitative estimate of drug-likeness (QED) is 0.517. The number of carboxylic acids is 2. The van der Waals surface area contributed by atoms with Crippen molar-refractivity contribution in [1.29, 1.82) is 0 Å². The molecule has 0 saturated heterocycles. The predicted octanol–water partition coefficient (Wildman–Crippen LogP) is 1.60. The van der Waals surface area contributed by atoms with E-state index in [2.05, 4.69) is 6.58 Å². The van der Waals surface area contributed by atoms with Crippen molar-refractivity contribution < 1.29 is 19.8 Å². The van der Waals surface area contributed by atoms with Crippen LogP contribution < -0.4 is 0 Å². The summed E-state index contributed by atoms with van der Waals surface area (Å²) in [5, 5.41) is 17.2. The lowest BCUT2D eigenvalue weighted by Crippen LogP contribution is -2.05. The molecule has 4 heteroatoms. The summed E-state index contributed by atoms with van der Waals surface area (Å²) >= 11 is 0. The molecule has 0 saturated carbocycles. The first-order valence-electron chi connectivity index (χ1n) is 4.03. The molecule has 14 heavy (non-hydrogen) atoms. The SMILES string of the molecule is C=CC(=CCC)/C(=C/C(=O)O)C(=O)O. The number of aliphatic carboxylic acids is 2. The molecule has 0 atom stereocenters. The molecule has 0 radical (unpaired) electrons. The van der Waals surface area contributed by atoms with Crippen LogP contribution in [0.3, 0.4) is 0 Å². The summed E-state index contributed by atoms with van der Waals surface area (Å²) in [5.41, 5.74) is 0.0664. The van der Waals surface area contributed by atoms with Gasteiger partial charge in [0.25, 0.3) is 0 Å². The second kappa shape index (κ2) is 5.75. The molecule has 76 valence electrons. The number of rotatable bonds is 5. The maximum Gasteiger partial charge on any atom is 0.336 e. The third-order valence-electron chi connectivity index (χ3n) is 1.45. The molecule has 2 N–H and O–H groups in total. The molecule has 0 aromatic rings. The average molecular weight is 196 g/mol. The van der Waals surface area contributed by atoms with Gasteiger partial charge in [-0.3, -0.25) is 0 Å². The van der Waals surface area contributed by atoms with Crippen LogP contribution in [0.4, 0.5) is 0 Å². The van der Waals surface area contributed by atoms with Gasteiger partial charge in [-0.15, -0.1) is 0 Å². The van der Waals surface area contributed by atoms with Gasteiger partial charge >= 0.3 is 11.9 Å². The van der Waals surface area contributed by atoms with Crippen molar-refractivity contribution in [2.24, 2.45) is 0 Å². The minimum absolute atomic E-state index is 0.255. The Labute approximate surface area is 81.9 Å². The van der Waals surface area contributed by atoms with E-state index in [0.29, 0.717) is 18.1 Å². The molecule has 0 amide bonds. The van der Waals surface area contributed by atoms with Crippen LogP contribution in [0.1, 0.15) is 13.3 Å². The number of carboxylic acid groups (broad SMARTS) is 2. The number of allylic oxidation sites excluding steroid dienone is 2. The zero-order valence-corrected chi connectivity index (χ0v) is 7.86. The van der Waals surface area contributed by atoms with Crippen molar-refractivity contribution in [2.45, 2.75) is 13.3 Å². The molecular formula is C10H12O4. The van der Waals surface area contributed by atoms with E-state index in [1.165, 1.54) is 6.08 Å². The monoisotopic (exact) mass is 196 g/mol. The Bertz CT molecular complexity index is 310. The number of hydrogen-bond donors (Lipinski definition) is 2. The standard InChI is InChI=1S/C10H12O4/c1-3-5-7(4-2)8(10(13)14)6-9(11)12/h4-6H,2-3H2,1H3,(H,11,12)(H,13,14)/b7-5?,8-6-. The number of carbonyl (C=O) groups is 2. The lowest BCUT2D eigenvalue weighted by molar-refractivity contribution is -0.134. The van der Waals surface area contributed by atoms with Crippen molar-refractivity contribution in [3.63, 3.8) is 0 Å². The third kappa shape index (κ3) is 3.71. The van der Waals surface area contributed by atoms with E-state index in [9.17, 15) is 9.59 Å². The Balaban J connectivity index is 5.19. The van der Waals surface area contributed by atoms with E-state index < -0.39 is 11.9 Å². The fourth-order valence-corrected chi connectivity index (χ4v) is 0.915. The highest BCUT2D eigenvalue weighted by atomic mass is 16.4. The fraction of sp³-hybridized carbons (Fsp3) is 0.200. The van der Waals surface area contributed by atoms with Crippen LogP contribution in [0, 0.1) is 0 Å². The summed E-state index contributed by atoms with van der Waals surface area (Å²) in [5.74, 6) is -2.56. The molecule has 0 bridgehead atoms. The highest BCUT2D eigenvalue weighted by molar-refractivity contribution is 5.99. The van der Waals surface area contributed by atoms with E-state index >= 15 is 0 Å². The lowest BCUT2D eigenvalue weighted by Gasteiger charge is -2.01. The molecule has 0 aromatic carbocycles. The summed E-state index contributed by atoms with van der Waals surface area (Å²) in [7, 11) is 0. The van der Waals surface area contributed by atoms with Gasteiger partial charge in [-0.1, -0.05) is 25.7 Å². The van der Waals surface area contributed by atoms with Crippen LogP contribution in [0.25, 0.3) is 0 Å². The Kier molecular flexibility index (Phi) is 4.99. The average Bonchev–Trinajstić information content (AvgIpc) is 2.10. The smallest absolute Gasteiger partial charge is 0.336 e. The Morgan fingerprint density at radius 1 is 1.36 bits per heavy atom. The maximum atomic E-state index is 10.7. The van der Waals surface area contributed by atoms with Crippen LogP contribution in [0.5, 0.6) is 0 Å². The highest BCUT2D eigenvalue weighted by Gasteiger charge is 2.11. The fourth-order valence-electron chi connectivity index (χ4n) is 0.915. The predicted molar refractivity (Wildman–Crippen MR) is 51.9 cm³/mol. The molecule has 0 rings (SSSR count). The highest BCUT2D eigenvalue weighted by Crippen LogP contribution is 2.12. The van der Waals surface area contributed by atoms with Gasteiger partial charge in [0.1, 0.15) is 0 Å². The van der Waals surface area contributed by atoms with E-state index in [1.807, 2.05) is 6.92 Å². The Morgan fingerprint density at radius 3 is 2.21 bits per heavy atom. The number of hydrogen-bond acceptors (Lipinski definition) is 2. The molecular weight excluding hydrogens is 184 g/mol. The summed E-state index contributed by atoms with van der Waals surface area (Å²) < 4.78 is 0. The molecule has 0 aliphatic carbocycles. The Morgan fingerprint density at radius 2 is 1.93 bits per heavy atom. The molecule has 4 nitrogen and oxygen atoms in total. The van der Waals surface area contributed by atoms with Gasteiger partial charge in [-0.25, -0.2) is 9.59 Å². The molecule has 0 heterocycles. The van der Waals surface area contributed by atoms with E-state index in [1.54, 1.807) is 6.08 Å². The van der Waals surface area contributed by atoms with Gasteiger partial charge < -0.3 is 10.2 Å². The summed E-state index contributed by atoms with van der Waals surface area (Å²) in [4.78, 5) is 21.0. The first kappa shape index (κ1) is 12.2. The minimum atomic E-state index is -1.29. The zero-order valence-electron chi connectivity index (χ0n) is 7.86. The van der Waals surface area contributed by atoms with Crippen molar-refractivity contribution in [2.75, 3.05) is 0 Å². The molecule has 0 aliphatic heterocycles. The maximum absolute atomic E-state index is 10.7. The van der Waals surface area contributed by atoms with Crippen LogP contribution in [-0.4, -0.2) is 22.2 Å². The van der Waals surface area contributed by atoms with Gasteiger partial charge in [0.2, 0.25) is 0 Å².